The SMILES string of the molecule is CC(CO)Sc1ccc(CNC2CC2)cn1. The van der Waals surface area contributed by atoms with Gasteiger partial charge in [0.1, 0.15) is 0 Å². The molecule has 1 heterocycles. The predicted molar refractivity (Wildman–Crippen MR) is 66.5 cm³/mol. The van der Waals surface area contributed by atoms with E-state index in [4.69, 9.17) is 5.11 Å². The standard InChI is InChI=1S/C12H18N2OS/c1-9(8-15)16-12-5-2-10(7-14-12)6-13-11-3-4-11/h2,5,7,9,11,13,15H,3-4,6,8H2,1H3. The van der Waals surface area contributed by atoms with Crippen LogP contribution in [-0.4, -0.2) is 28.0 Å². The molecule has 0 amide bonds. The van der Waals surface area contributed by atoms with Crippen molar-refractivity contribution < 1.29 is 5.11 Å². The monoisotopic (exact) mass is 238 g/mol. The van der Waals surface area contributed by atoms with E-state index in [-0.39, 0.29) is 11.9 Å². The minimum absolute atomic E-state index is 0.192. The highest BCUT2D eigenvalue weighted by atomic mass is 32.2. The van der Waals surface area contributed by atoms with Crippen molar-refractivity contribution in [3.05, 3.63) is 23.9 Å². The molecule has 2 N–H and O–H groups in total. The van der Waals surface area contributed by atoms with E-state index in [0.717, 1.165) is 17.6 Å². The third-order valence-electron chi connectivity index (χ3n) is 2.55. The molecule has 0 aromatic carbocycles. The molecule has 0 bridgehead atoms. The third-order valence-corrected chi connectivity index (χ3v) is 3.58. The van der Waals surface area contributed by atoms with Crippen molar-refractivity contribution >= 4 is 11.8 Å². The highest BCUT2D eigenvalue weighted by Gasteiger charge is 2.19. The number of nitrogens with zero attached hydrogens (tertiary/aromatic N) is 1. The Balaban J connectivity index is 1.82. The maximum atomic E-state index is 8.94. The van der Waals surface area contributed by atoms with Crippen molar-refractivity contribution in [2.75, 3.05) is 6.61 Å². The number of pyridine rings is 1. The number of hydrogen-bond donors (Lipinski definition) is 2. The summed E-state index contributed by atoms with van der Waals surface area (Å²) in [6.45, 7) is 3.10. The lowest BCUT2D eigenvalue weighted by Gasteiger charge is -2.07. The minimum atomic E-state index is 0.192. The second kappa shape index (κ2) is 5.66. The molecule has 0 radical (unpaired) electrons. The molecule has 1 fully saturated rings. The van der Waals surface area contributed by atoms with E-state index in [0.29, 0.717) is 0 Å². The zero-order valence-corrected chi connectivity index (χ0v) is 10.3. The van der Waals surface area contributed by atoms with Gasteiger partial charge in [-0.25, -0.2) is 4.98 Å². The first-order valence-corrected chi connectivity index (χ1v) is 6.61. The quantitative estimate of drug-likeness (QED) is 0.742. The molecule has 1 aliphatic carbocycles. The Morgan fingerprint density at radius 3 is 2.94 bits per heavy atom. The summed E-state index contributed by atoms with van der Waals surface area (Å²) >= 11 is 1.61. The van der Waals surface area contributed by atoms with Crippen LogP contribution < -0.4 is 5.32 Å². The second-order valence-corrected chi connectivity index (χ2v) is 5.73. The fraction of sp³-hybridized carbons (Fsp3) is 0.583. The Morgan fingerprint density at radius 2 is 2.38 bits per heavy atom. The molecule has 1 saturated carbocycles. The largest absolute Gasteiger partial charge is 0.395 e. The highest BCUT2D eigenvalue weighted by Crippen LogP contribution is 2.21. The zero-order chi connectivity index (χ0) is 11.4. The number of thioether (sulfide) groups is 1. The molecule has 0 aliphatic heterocycles. The molecule has 1 unspecified atom stereocenters. The first-order valence-electron chi connectivity index (χ1n) is 5.74. The van der Waals surface area contributed by atoms with E-state index in [1.165, 1.54) is 18.4 Å². The van der Waals surface area contributed by atoms with Crippen LogP contribution >= 0.6 is 11.8 Å². The van der Waals surface area contributed by atoms with E-state index in [1.807, 2.05) is 19.2 Å². The summed E-state index contributed by atoms with van der Waals surface area (Å²) in [6.07, 6.45) is 4.55. The van der Waals surface area contributed by atoms with E-state index in [2.05, 4.69) is 16.4 Å². The number of hydrogen-bond acceptors (Lipinski definition) is 4. The van der Waals surface area contributed by atoms with Crippen molar-refractivity contribution in [2.24, 2.45) is 0 Å². The lowest BCUT2D eigenvalue weighted by atomic mass is 10.3. The molecule has 88 valence electrons. The number of aromatic nitrogens is 1. The van der Waals surface area contributed by atoms with Crippen LogP contribution in [0.5, 0.6) is 0 Å². The topological polar surface area (TPSA) is 45.1 Å². The van der Waals surface area contributed by atoms with Crippen molar-refractivity contribution in [1.29, 1.82) is 0 Å². The van der Waals surface area contributed by atoms with Crippen LogP contribution in [0.3, 0.4) is 0 Å². The first kappa shape index (κ1) is 11.9. The fourth-order valence-corrected chi connectivity index (χ4v) is 2.13. The molecule has 3 nitrogen and oxygen atoms in total. The maximum Gasteiger partial charge on any atom is 0.0963 e. The van der Waals surface area contributed by atoms with Crippen LogP contribution in [0.4, 0.5) is 0 Å². The summed E-state index contributed by atoms with van der Waals surface area (Å²) in [5.74, 6) is 0. The molecule has 1 aliphatic rings. The third kappa shape index (κ3) is 3.77. The predicted octanol–water partition coefficient (Wildman–Crippen LogP) is 1.81. The summed E-state index contributed by atoms with van der Waals surface area (Å²) in [5, 5.41) is 13.6. The van der Waals surface area contributed by atoms with E-state index >= 15 is 0 Å². The lowest BCUT2D eigenvalue weighted by Crippen LogP contribution is -2.15. The smallest absolute Gasteiger partial charge is 0.0963 e. The number of aliphatic hydroxyl groups excluding tert-OH is 1. The summed E-state index contributed by atoms with van der Waals surface area (Å²) < 4.78 is 0. The summed E-state index contributed by atoms with van der Waals surface area (Å²) in [4.78, 5) is 4.38. The molecule has 16 heavy (non-hydrogen) atoms. The molecule has 2 rings (SSSR count). The van der Waals surface area contributed by atoms with Gasteiger partial charge in [0, 0.05) is 24.0 Å². The second-order valence-electron chi connectivity index (χ2n) is 4.27. The van der Waals surface area contributed by atoms with Crippen molar-refractivity contribution in [3.63, 3.8) is 0 Å². The lowest BCUT2D eigenvalue weighted by molar-refractivity contribution is 0.300. The Kier molecular flexibility index (Phi) is 4.21. The van der Waals surface area contributed by atoms with Crippen LogP contribution in [0.1, 0.15) is 25.3 Å². The Morgan fingerprint density at radius 1 is 1.56 bits per heavy atom. The van der Waals surface area contributed by atoms with E-state index in [1.54, 1.807) is 11.8 Å². The zero-order valence-electron chi connectivity index (χ0n) is 9.52. The molecule has 0 saturated heterocycles. The molecular formula is C12H18N2OS. The van der Waals surface area contributed by atoms with Crippen molar-refractivity contribution in [2.45, 2.75) is 42.6 Å². The van der Waals surface area contributed by atoms with Gasteiger partial charge in [-0.15, -0.1) is 11.8 Å². The molecule has 1 aromatic heterocycles. The van der Waals surface area contributed by atoms with Crippen LogP contribution in [0, 0.1) is 0 Å². The summed E-state index contributed by atoms with van der Waals surface area (Å²) in [6, 6.07) is 4.87. The van der Waals surface area contributed by atoms with Crippen molar-refractivity contribution in [3.8, 4) is 0 Å². The molecular weight excluding hydrogens is 220 g/mol. The number of rotatable bonds is 6. The maximum absolute atomic E-state index is 8.94. The van der Waals surface area contributed by atoms with Crippen LogP contribution in [0.15, 0.2) is 23.4 Å². The van der Waals surface area contributed by atoms with Gasteiger partial charge in [0.2, 0.25) is 0 Å². The van der Waals surface area contributed by atoms with Crippen molar-refractivity contribution in [1.82, 2.24) is 10.3 Å². The summed E-state index contributed by atoms with van der Waals surface area (Å²) in [5.41, 5.74) is 1.23. The van der Waals surface area contributed by atoms with Gasteiger partial charge >= 0.3 is 0 Å². The fourth-order valence-electron chi connectivity index (χ4n) is 1.38. The van der Waals surface area contributed by atoms with E-state index < -0.39 is 0 Å². The van der Waals surface area contributed by atoms with Crippen LogP contribution in [0.2, 0.25) is 0 Å². The van der Waals surface area contributed by atoms with Gasteiger partial charge in [-0.1, -0.05) is 13.0 Å². The van der Waals surface area contributed by atoms with Gasteiger partial charge in [-0.2, -0.15) is 0 Å². The first-order chi connectivity index (χ1) is 7.78. The Bertz CT molecular complexity index is 324. The molecule has 4 heteroatoms. The normalized spacial score (nSPS) is 17.4. The molecule has 1 atom stereocenters. The average Bonchev–Trinajstić information content (AvgIpc) is 3.12. The summed E-state index contributed by atoms with van der Waals surface area (Å²) in [7, 11) is 0. The van der Waals surface area contributed by atoms with Crippen LogP contribution in [0.25, 0.3) is 0 Å². The van der Waals surface area contributed by atoms with E-state index in [9.17, 15) is 0 Å². The van der Waals surface area contributed by atoms with Gasteiger partial charge in [-0.05, 0) is 24.5 Å². The Hall–Kier alpha value is -0.580. The average molecular weight is 238 g/mol. The minimum Gasteiger partial charge on any atom is -0.395 e. The molecule has 1 aromatic rings. The Labute approximate surface area is 101 Å². The van der Waals surface area contributed by atoms with Gasteiger partial charge in [0.05, 0.1) is 11.6 Å². The van der Waals surface area contributed by atoms with Gasteiger partial charge < -0.3 is 10.4 Å². The molecule has 0 spiro atoms. The highest BCUT2D eigenvalue weighted by molar-refractivity contribution is 7.99. The van der Waals surface area contributed by atoms with Crippen LogP contribution in [-0.2, 0) is 6.54 Å². The number of nitrogens with one attached hydrogen (secondary N) is 1. The number of aliphatic hydroxyl groups is 1. The van der Waals surface area contributed by atoms with Gasteiger partial charge in [0.25, 0.3) is 0 Å². The van der Waals surface area contributed by atoms with Gasteiger partial charge in [0.15, 0.2) is 0 Å². The van der Waals surface area contributed by atoms with Gasteiger partial charge in [-0.3, -0.25) is 0 Å².